The molecule has 0 amide bonds. The molecular weight excluding hydrogens is 210 g/mol. The number of rotatable bonds is 3. The van der Waals surface area contributed by atoms with Gasteiger partial charge in [-0.1, -0.05) is 26.0 Å². The van der Waals surface area contributed by atoms with Gasteiger partial charge < -0.3 is 10.1 Å². The van der Waals surface area contributed by atoms with Crippen LogP contribution in [-0.2, 0) is 6.42 Å². The summed E-state index contributed by atoms with van der Waals surface area (Å²) in [6, 6.07) is 7.19. The van der Waals surface area contributed by atoms with Gasteiger partial charge in [-0.25, -0.2) is 0 Å². The minimum atomic E-state index is 0.496. The van der Waals surface area contributed by atoms with E-state index in [0.29, 0.717) is 11.5 Å². The molecule has 1 aliphatic carbocycles. The number of hydrogen-bond acceptors (Lipinski definition) is 2. The molecule has 3 rings (SSSR count). The molecule has 92 valence electrons. The second-order valence-electron chi connectivity index (χ2n) is 6.03. The molecule has 1 saturated carbocycles. The fraction of sp³-hybridized carbons (Fsp3) is 0.600. The van der Waals surface area contributed by atoms with Gasteiger partial charge in [0.25, 0.3) is 0 Å². The van der Waals surface area contributed by atoms with Gasteiger partial charge in [0, 0.05) is 12.5 Å². The van der Waals surface area contributed by atoms with Crippen LogP contribution in [0.1, 0.15) is 37.4 Å². The molecule has 0 aromatic heterocycles. The summed E-state index contributed by atoms with van der Waals surface area (Å²) in [5, 5.41) is 3.49. The first kappa shape index (κ1) is 11.1. The minimum Gasteiger partial charge on any atom is -0.493 e. The second kappa shape index (κ2) is 3.74. The van der Waals surface area contributed by atoms with E-state index in [-0.39, 0.29) is 0 Å². The second-order valence-corrected chi connectivity index (χ2v) is 6.03. The van der Waals surface area contributed by atoms with E-state index in [0.717, 1.165) is 24.7 Å². The lowest BCUT2D eigenvalue weighted by Gasteiger charge is -2.19. The van der Waals surface area contributed by atoms with E-state index >= 15 is 0 Å². The Morgan fingerprint density at radius 2 is 2.18 bits per heavy atom. The van der Waals surface area contributed by atoms with Gasteiger partial charge in [0.2, 0.25) is 0 Å². The molecule has 1 aliphatic heterocycles. The Labute approximate surface area is 103 Å². The number of benzene rings is 1. The zero-order chi connectivity index (χ0) is 12.0. The normalized spacial score (nSPS) is 26.2. The van der Waals surface area contributed by atoms with Crippen LogP contribution in [0.25, 0.3) is 0 Å². The molecule has 17 heavy (non-hydrogen) atoms. The van der Waals surface area contributed by atoms with E-state index in [2.05, 4.69) is 44.4 Å². The smallest absolute Gasteiger partial charge is 0.122 e. The number of hydrogen-bond donors (Lipinski definition) is 1. The maximum Gasteiger partial charge on any atom is 0.122 e. The Balaban J connectivity index is 1.87. The SMILES string of the molecule is CNC(c1ccc2c(c1)CCO2)C1CC1(C)C. The van der Waals surface area contributed by atoms with E-state index in [1.54, 1.807) is 0 Å². The minimum absolute atomic E-state index is 0.496. The molecule has 2 heteroatoms. The van der Waals surface area contributed by atoms with Crippen molar-refractivity contribution in [1.29, 1.82) is 0 Å². The lowest BCUT2D eigenvalue weighted by atomic mass is 9.95. The van der Waals surface area contributed by atoms with Crippen molar-refractivity contribution in [2.45, 2.75) is 32.7 Å². The van der Waals surface area contributed by atoms with Crippen LogP contribution in [0.15, 0.2) is 18.2 Å². The van der Waals surface area contributed by atoms with E-state index < -0.39 is 0 Å². The highest BCUT2D eigenvalue weighted by atomic mass is 16.5. The maximum atomic E-state index is 5.56. The van der Waals surface area contributed by atoms with Gasteiger partial charge in [-0.15, -0.1) is 0 Å². The van der Waals surface area contributed by atoms with Crippen molar-refractivity contribution < 1.29 is 4.74 Å². The van der Waals surface area contributed by atoms with Crippen molar-refractivity contribution in [3.63, 3.8) is 0 Å². The van der Waals surface area contributed by atoms with Crippen LogP contribution in [0.2, 0.25) is 0 Å². The molecule has 1 aromatic carbocycles. The van der Waals surface area contributed by atoms with Gasteiger partial charge in [0.15, 0.2) is 0 Å². The summed E-state index contributed by atoms with van der Waals surface area (Å²) >= 11 is 0. The predicted molar refractivity (Wildman–Crippen MR) is 69.3 cm³/mol. The van der Waals surface area contributed by atoms with Gasteiger partial charge >= 0.3 is 0 Å². The number of nitrogens with one attached hydrogen (secondary N) is 1. The zero-order valence-corrected chi connectivity index (χ0v) is 10.9. The van der Waals surface area contributed by atoms with Crippen molar-refractivity contribution in [2.75, 3.05) is 13.7 Å². The van der Waals surface area contributed by atoms with Crippen LogP contribution in [-0.4, -0.2) is 13.7 Å². The topological polar surface area (TPSA) is 21.3 Å². The van der Waals surface area contributed by atoms with Gasteiger partial charge in [0.1, 0.15) is 5.75 Å². The average Bonchev–Trinajstić information content (AvgIpc) is 2.76. The lowest BCUT2D eigenvalue weighted by molar-refractivity contribution is 0.356. The van der Waals surface area contributed by atoms with E-state index in [9.17, 15) is 0 Å². The Morgan fingerprint density at radius 1 is 1.41 bits per heavy atom. The quantitative estimate of drug-likeness (QED) is 0.863. The Morgan fingerprint density at radius 3 is 2.82 bits per heavy atom. The van der Waals surface area contributed by atoms with Gasteiger partial charge in [0.05, 0.1) is 6.61 Å². The molecule has 1 aromatic rings. The molecule has 0 spiro atoms. The first-order valence-electron chi connectivity index (χ1n) is 6.55. The summed E-state index contributed by atoms with van der Waals surface area (Å²) in [5.74, 6) is 1.85. The molecule has 2 unspecified atom stereocenters. The molecule has 0 saturated heterocycles. The van der Waals surface area contributed by atoms with Crippen molar-refractivity contribution in [1.82, 2.24) is 5.32 Å². The number of ether oxygens (including phenoxy) is 1. The Bertz CT molecular complexity index is 439. The summed E-state index contributed by atoms with van der Waals surface area (Å²) in [6.07, 6.45) is 2.39. The van der Waals surface area contributed by atoms with Gasteiger partial charge in [-0.2, -0.15) is 0 Å². The maximum absolute atomic E-state index is 5.56. The summed E-state index contributed by atoms with van der Waals surface area (Å²) in [7, 11) is 2.07. The third-order valence-corrected chi connectivity index (χ3v) is 4.38. The summed E-state index contributed by atoms with van der Waals surface area (Å²) < 4.78 is 5.56. The molecule has 2 nitrogen and oxygen atoms in total. The first-order chi connectivity index (χ1) is 8.12. The lowest BCUT2D eigenvalue weighted by Crippen LogP contribution is -2.20. The van der Waals surface area contributed by atoms with Crippen LogP contribution >= 0.6 is 0 Å². The third kappa shape index (κ3) is 1.85. The molecule has 1 fully saturated rings. The Hall–Kier alpha value is -1.02. The van der Waals surface area contributed by atoms with Crippen LogP contribution in [0.3, 0.4) is 0 Å². The van der Waals surface area contributed by atoms with Crippen LogP contribution < -0.4 is 10.1 Å². The zero-order valence-electron chi connectivity index (χ0n) is 10.9. The summed E-state index contributed by atoms with van der Waals surface area (Å²) in [5.41, 5.74) is 3.30. The highest BCUT2D eigenvalue weighted by Crippen LogP contribution is 2.57. The fourth-order valence-electron chi connectivity index (χ4n) is 3.08. The molecule has 0 bridgehead atoms. The van der Waals surface area contributed by atoms with Crippen LogP contribution in [0.4, 0.5) is 0 Å². The molecule has 0 radical (unpaired) electrons. The predicted octanol–water partition coefficient (Wildman–Crippen LogP) is 2.93. The summed E-state index contributed by atoms with van der Waals surface area (Å²) in [6.45, 7) is 5.56. The monoisotopic (exact) mass is 231 g/mol. The Kier molecular flexibility index (Phi) is 2.44. The molecule has 1 N–H and O–H groups in total. The van der Waals surface area contributed by atoms with Crippen molar-refractivity contribution in [3.05, 3.63) is 29.3 Å². The van der Waals surface area contributed by atoms with Crippen molar-refractivity contribution in [3.8, 4) is 5.75 Å². The third-order valence-electron chi connectivity index (χ3n) is 4.38. The van der Waals surface area contributed by atoms with E-state index in [1.165, 1.54) is 17.5 Å². The average molecular weight is 231 g/mol. The molecule has 1 heterocycles. The highest BCUT2D eigenvalue weighted by Gasteiger charge is 2.50. The van der Waals surface area contributed by atoms with Crippen LogP contribution in [0.5, 0.6) is 5.75 Å². The largest absolute Gasteiger partial charge is 0.493 e. The molecule has 2 aliphatic rings. The van der Waals surface area contributed by atoms with Crippen molar-refractivity contribution in [2.24, 2.45) is 11.3 Å². The number of fused-ring (bicyclic) bond motifs is 1. The van der Waals surface area contributed by atoms with Crippen molar-refractivity contribution >= 4 is 0 Å². The first-order valence-corrected chi connectivity index (χ1v) is 6.55. The van der Waals surface area contributed by atoms with Crippen LogP contribution in [0, 0.1) is 11.3 Å². The molecule has 2 atom stereocenters. The standard InChI is InChI=1S/C15H21NO/c1-15(2)9-12(15)14(16-3)11-4-5-13-10(8-11)6-7-17-13/h4-5,8,12,14,16H,6-7,9H2,1-3H3. The van der Waals surface area contributed by atoms with E-state index in [1.807, 2.05) is 0 Å². The van der Waals surface area contributed by atoms with E-state index in [4.69, 9.17) is 4.74 Å². The fourth-order valence-corrected chi connectivity index (χ4v) is 3.08. The van der Waals surface area contributed by atoms with Gasteiger partial charge in [-0.3, -0.25) is 0 Å². The summed E-state index contributed by atoms with van der Waals surface area (Å²) in [4.78, 5) is 0. The van der Waals surface area contributed by atoms with Gasteiger partial charge in [-0.05, 0) is 42.0 Å². The highest BCUT2D eigenvalue weighted by molar-refractivity contribution is 5.41. The molecular formula is C15H21NO.